The van der Waals surface area contributed by atoms with Crippen molar-refractivity contribution in [1.82, 2.24) is 24.5 Å². The molecule has 0 saturated carbocycles. The Kier molecular flexibility index (Phi) is 6.88. The van der Waals surface area contributed by atoms with Crippen molar-refractivity contribution in [1.29, 1.82) is 0 Å². The first-order valence-electron chi connectivity index (χ1n) is 10.7. The minimum atomic E-state index is -3.26. The van der Waals surface area contributed by atoms with Crippen LogP contribution >= 0.6 is 11.3 Å². The van der Waals surface area contributed by atoms with Gasteiger partial charge >= 0.3 is 5.69 Å². The van der Waals surface area contributed by atoms with Gasteiger partial charge in [-0.05, 0) is 25.5 Å². The molecule has 0 aliphatic heterocycles. The van der Waals surface area contributed by atoms with E-state index in [1.54, 1.807) is 20.2 Å². The number of hydrogen-bond acceptors (Lipinski definition) is 8. The van der Waals surface area contributed by atoms with Crippen LogP contribution in [0.2, 0.25) is 0 Å². The maximum Gasteiger partial charge on any atom is 0.319 e. The monoisotopic (exact) mass is 554 g/mol. The van der Waals surface area contributed by atoms with Gasteiger partial charge in [0.25, 0.3) is 18.8 Å². The summed E-state index contributed by atoms with van der Waals surface area (Å²) >= 11 is 0.679. The number of hydrogen-bond donors (Lipinski definition) is 2. The van der Waals surface area contributed by atoms with Crippen LogP contribution in [0.15, 0.2) is 12.3 Å². The first-order chi connectivity index (χ1) is 17.8. The number of anilines is 1. The zero-order valence-electron chi connectivity index (χ0n) is 19.8. The maximum atomic E-state index is 13.6. The molecule has 0 spiro atoms. The van der Waals surface area contributed by atoms with Gasteiger partial charge in [0.1, 0.15) is 27.6 Å². The van der Waals surface area contributed by atoms with Crippen molar-refractivity contribution in [2.24, 2.45) is 12.8 Å². The predicted octanol–water partition coefficient (Wildman–Crippen LogP) is 4.03. The lowest BCUT2D eigenvalue weighted by molar-refractivity contribution is -0.386. The standard InChI is InChI=1S/C21H18F4N8O4S/c1-7-10(5-31(3)29-7)9-4-11(18(22)23)27-21-13(9)14(17(38-21)20(26)35)28-12(34)6-32-8(2)16(33(36)37)15(30-32)19(24)25/h4-5,18-19H,6H2,1-3H3,(H2,26,35)(H,28,34). The first kappa shape index (κ1) is 26.6. The molecule has 0 aliphatic carbocycles. The Morgan fingerprint density at radius 1 is 1.18 bits per heavy atom. The normalized spacial score (nSPS) is 11.6. The Balaban J connectivity index is 1.85. The van der Waals surface area contributed by atoms with Gasteiger partial charge in [-0.1, -0.05) is 0 Å². The van der Waals surface area contributed by atoms with E-state index in [9.17, 15) is 37.3 Å². The van der Waals surface area contributed by atoms with Crippen LogP contribution in [0.25, 0.3) is 21.3 Å². The second kappa shape index (κ2) is 9.81. The minimum Gasteiger partial charge on any atom is -0.365 e. The Labute approximate surface area is 214 Å². The molecule has 0 saturated heterocycles. The van der Waals surface area contributed by atoms with Crippen LogP contribution in [0.5, 0.6) is 0 Å². The van der Waals surface area contributed by atoms with Gasteiger partial charge < -0.3 is 11.1 Å². The van der Waals surface area contributed by atoms with Gasteiger partial charge in [-0.25, -0.2) is 22.5 Å². The average Bonchev–Trinajstić information content (AvgIpc) is 3.46. The van der Waals surface area contributed by atoms with Crippen LogP contribution in [0, 0.1) is 24.0 Å². The highest BCUT2D eigenvalue weighted by Crippen LogP contribution is 2.43. The Morgan fingerprint density at radius 2 is 1.87 bits per heavy atom. The number of halogens is 4. The summed E-state index contributed by atoms with van der Waals surface area (Å²) in [7, 11) is 1.62. The molecule has 0 unspecified atom stereocenters. The van der Waals surface area contributed by atoms with Gasteiger partial charge in [0, 0.05) is 24.2 Å². The molecule has 0 radical (unpaired) electrons. The lowest BCUT2D eigenvalue weighted by atomic mass is 10.0. The summed E-state index contributed by atoms with van der Waals surface area (Å²) in [5, 5.41) is 21.6. The molecule has 4 heterocycles. The molecular weight excluding hydrogens is 536 g/mol. The Bertz CT molecular complexity index is 1610. The third kappa shape index (κ3) is 4.67. The highest BCUT2D eigenvalue weighted by atomic mass is 32.1. The number of nitrogens with zero attached hydrogens (tertiary/aromatic N) is 6. The average molecular weight is 554 g/mol. The van der Waals surface area contributed by atoms with E-state index in [0.29, 0.717) is 22.6 Å². The highest BCUT2D eigenvalue weighted by molar-refractivity contribution is 7.21. The molecule has 0 aliphatic rings. The third-order valence-corrected chi connectivity index (χ3v) is 6.68. The number of carbonyl (C=O) groups excluding carboxylic acids is 2. The van der Waals surface area contributed by atoms with E-state index in [1.165, 1.54) is 4.68 Å². The second-order valence-corrected chi connectivity index (χ2v) is 9.13. The predicted molar refractivity (Wildman–Crippen MR) is 127 cm³/mol. The van der Waals surface area contributed by atoms with Crippen LogP contribution in [-0.4, -0.2) is 41.3 Å². The van der Waals surface area contributed by atoms with Crippen molar-refractivity contribution < 1.29 is 32.1 Å². The number of nitrogens with one attached hydrogen (secondary N) is 1. The van der Waals surface area contributed by atoms with Crippen LogP contribution in [0.3, 0.4) is 0 Å². The van der Waals surface area contributed by atoms with Crippen molar-refractivity contribution in [3.63, 3.8) is 0 Å². The van der Waals surface area contributed by atoms with Crippen molar-refractivity contribution in [2.75, 3.05) is 5.32 Å². The fourth-order valence-electron chi connectivity index (χ4n) is 4.00. The summed E-state index contributed by atoms with van der Waals surface area (Å²) in [5.41, 5.74) is 3.54. The first-order valence-corrected chi connectivity index (χ1v) is 11.5. The van der Waals surface area contributed by atoms with Gasteiger partial charge in [0.15, 0.2) is 0 Å². The Morgan fingerprint density at radius 3 is 2.37 bits per heavy atom. The van der Waals surface area contributed by atoms with Crippen molar-refractivity contribution in [3.05, 3.63) is 50.0 Å². The Hall–Kier alpha value is -4.41. The molecule has 3 N–H and O–H groups in total. The number of thiophene rings is 1. The quantitative estimate of drug-likeness (QED) is 0.189. The molecule has 12 nitrogen and oxygen atoms in total. The number of aromatic nitrogens is 5. The highest BCUT2D eigenvalue weighted by Gasteiger charge is 2.32. The van der Waals surface area contributed by atoms with Crippen LogP contribution in [0.1, 0.15) is 45.3 Å². The van der Waals surface area contributed by atoms with E-state index in [-0.39, 0.29) is 32.0 Å². The molecule has 200 valence electrons. The number of alkyl halides is 4. The molecule has 0 atom stereocenters. The molecule has 0 aromatic carbocycles. The van der Waals surface area contributed by atoms with Gasteiger partial charge in [-0.2, -0.15) is 10.2 Å². The second-order valence-electron chi connectivity index (χ2n) is 8.13. The van der Waals surface area contributed by atoms with Crippen molar-refractivity contribution in [2.45, 2.75) is 33.2 Å². The fourth-order valence-corrected chi connectivity index (χ4v) is 5.01. The minimum absolute atomic E-state index is 0.0175. The largest absolute Gasteiger partial charge is 0.365 e. The number of aryl methyl sites for hydroxylation is 2. The summed E-state index contributed by atoms with van der Waals surface area (Å²) in [4.78, 5) is 39.1. The zero-order valence-corrected chi connectivity index (χ0v) is 20.6. The van der Waals surface area contributed by atoms with Gasteiger partial charge in [-0.3, -0.25) is 29.1 Å². The molecule has 0 fully saturated rings. The molecule has 2 amide bonds. The molecule has 17 heteroatoms. The molecule has 4 rings (SSSR count). The van der Waals surface area contributed by atoms with Gasteiger partial charge in [-0.15, -0.1) is 11.3 Å². The molecule has 4 aromatic heterocycles. The van der Waals surface area contributed by atoms with Crippen molar-refractivity contribution >= 4 is 44.7 Å². The number of nitrogens with two attached hydrogens (primary N) is 1. The van der Waals surface area contributed by atoms with Crippen molar-refractivity contribution in [3.8, 4) is 11.1 Å². The van der Waals surface area contributed by atoms with Crippen LogP contribution in [0.4, 0.5) is 28.9 Å². The number of primary amides is 1. The SMILES string of the molecule is Cc1nn(C)cc1-c1cc(C(F)F)nc2sc(C(N)=O)c(NC(=O)Cn3nc(C(F)F)c([N+](=O)[O-])c3C)c12. The lowest BCUT2D eigenvalue weighted by Crippen LogP contribution is -2.22. The maximum absolute atomic E-state index is 13.6. The van der Waals surface area contributed by atoms with E-state index in [0.717, 1.165) is 17.7 Å². The van der Waals surface area contributed by atoms with Gasteiger partial charge in [0.2, 0.25) is 11.6 Å². The van der Waals surface area contributed by atoms with Crippen LogP contribution < -0.4 is 11.1 Å². The molecular formula is C21H18F4N8O4S. The third-order valence-electron chi connectivity index (χ3n) is 5.58. The topological polar surface area (TPSA) is 164 Å². The van der Waals surface area contributed by atoms with E-state index >= 15 is 0 Å². The van der Waals surface area contributed by atoms with E-state index in [1.807, 2.05) is 0 Å². The molecule has 4 aromatic rings. The molecule has 38 heavy (non-hydrogen) atoms. The number of rotatable bonds is 8. The van der Waals surface area contributed by atoms with Gasteiger partial charge in [0.05, 0.1) is 16.3 Å². The van der Waals surface area contributed by atoms with E-state index < -0.39 is 53.2 Å². The lowest BCUT2D eigenvalue weighted by Gasteiger charge is -2.11. The fraction of sp³-hybridized carbons (Fsp3) is 0.286. The van der Waals surface area contributed by atoms with Crippen LogP contribution in [-0.2, 0) is 18.4 Å². The number of pyridine rings is 1. The summed E-state index contributed by atoms with van der Waals surface area (Å²) in [6.07, 6.45) is -4.65. The number of amides is 2. The summed E-state index contributed by atoms with van der Waals surface area (Å²) in [6.45, 7) is 2.05. The number of carbonyl (C=O) groups is 2. The van der Waals surface area contributed by atoms with E-state index in [2.05, 4.69) is 20.5 Å². The van der Waals surface area contributed by atoms with E-state index in [4.69, 9.17) is 5.73 Å². The summed E-state index contributed by atoms with van der Waals surface area (Å²) in [5.74, 6) is -1.89. The summed E-state index contributed by atoms with van der Waals surface area (Å²) < 4.78 is 56.0. The number of fused-ring (bicyclic) bond motifs is 1. The summed E-state index contributed by atoms with van der Waals surface area (Å²) in [6, 6.07) is 1.11. The number of nitro groups is 1. The smallest absolute Gasteiger partial charge is 0.319 e. The molecule has 0 bridgehead atoms. The zero-order chi connectivity index (χ0) is 28.0.